The summed E-state index contributed by atoms with van der Waals surface area (Å²) in [7, 11) is 0. The van der Waals surface area contributed by atoms with Crippen LogP contribution in [0.15, 0.2) is 102 Å². The molecule has 2 fully saturated rings. The monoisotopic (exact) mass is 775 g/mol. The van der Waals surface area contributed by atoms with Crippen LogP contribution < -0.4 is 9.47 Å². The molecule has 56 heavy (non-hydrogen) atoms. The Hall–Kier alpha value is -6.41. The lowest BCUT2D eigenvalue weighted by molar-refractivity contribution is -0.138. The summed E-state index contributed by atoms with van der Waals surface area (Å²) in [6.07, 6.45) is -2.96. The summed E-state index contributed by atoms with van der Waals surface area (Å²) in [6.45, 7) is 0. The van der Waals surface area contributed by atoms with Crippen molar-refractivity contribution >= 4 is 33.7 Å². The topological polar surface area (TPSA) is 153 Å². The van der Waals surface area contributed by atoms with Gasteiger partial charge in [-0.1, -0.05) is 12.1 Å². The minimum absolute atomic E-state index is 0.0624. The molecule has 2 aliphatic rings. The number of amides is 1. The number of azide groups is 1. The van der Waals surface area contributed by atoms with Crippen molar-refractivity contribution in [3.63, 3.8) is 0 Å². The number of carbonyl (C=O) groups is 2. The van der Waals surface area contributed by atoms with Crippen LogP contribution in [0.5, 0.6) is 11.5 Å². The fourth-order valence-corrected chi connectivity index (χ4v) is 6.93. The zero-order valence-corrected chi connectivity index (χ0v) is 29.1. The van der Waals surface area contributed by atoms with E-state index in [9.17, 15) is 41.0 Å². The average molecular weight is 776 g/mol. The Bertz CT molecular complexity index is 2440. The van der Waals surface area contributed by atoms with Crippen molar-refractivity contribution in [1.29, 1.82) is 0 Å². The molecule has 288 valence electrons. The van der Waals surface area contributed by atoms with Crippen molar-refractivity contribution in [3.8, 4) is 11.5 Å². The number of carboxylic acids is 1. The molecule has 16 heteroatoms. The van der Waals surface area contributed by atoms with Crippen LogP contribution in [0.25, 0.3) is 32.2 Å². The van der Waals surface area contributed by atoms with Gasteiger partial charge in [0.15, 0.2) is 0 Å². The van der Waals surface area contributed by atoms with Crippen LogP contribution in [0, 0.1) is 0 Å². The second-order valence-electron chi connectivity index (χ2n) is 13.7. The standard InChI is InChI=1S/C20H15F3N4O2.C20H16F3NO3/c21-20(22,23)13-2-4-14(5-3-13)29-15-7-12(8-15)11-1-6-18-16(9-11)17(10-25-18)19(28)26-27-24;21-20(22,23)13-2-4-14(5-3-13)27-15-7-12(8-15)11-1-6-18-16(9-11)17(10-24-18)19(25)26/h1-6,9-10,12,15,25H,7-8H2;1-6,9-10,12,15,24H,7-8H2,(H,25,26). The number of hydrogen-bond donors (Lipinski definition) is 3. The first-order valence-corrected chi connectivity index (χ1v) is 17.4. The van der Waals surface area contributed by atoms with Gasteiger partial charge in [-0.2, -0.15) is 26.3 Å². The molecule has 0 spiro atoms. The minimum Gasteiger partial charge on any atom is -0.490 e. The highest BCUT2D eigenvalue weighted by Crippen LogP contribution is 2.42. The normalized spacial score (nSPS) is 19.2. The number of halogens is 6. The predicted octanol–water partition coefficient (Wildman–Crippen LogP) is 11.2. The maximum absolute atomic E-state index is 12.6. The number of carbonyl (C=O) groups excluding carboxylic acids is 1. The highest BCUT2D eigenvalue weighted by molar-refractivity contribution is 6.07. The zero-order valence-electron chi connectivity index (χ0n) is 29.1. The maximum atomic E-state index is 12.6. The number of alkyl halides is 6. The molecule has 0 unspecified atom stereocenters. The van der Waals surface area contributed by atoms with Crippen LogP contribution in [-0.4, -0.2) is 39.2 Å². The van der Waals surface area contributed by atoms with Crippen molar-refractivity contribution in [3.05, 3.63) is 141 Å². The average Bonchev–Trinajstić information content (AvgIpc) is 3.75. The van der Waals surface area contributed by atoms with E-state index in [1.807, 2.05) is 36.4 Å². The molecular weight excluding hydrogens is 744 g/mol. The molecule has 0 aliphatic heterocycles. The zero-order chi connectivity index (χ0) is 39.8. The van der Waals surface area contributed by atoms with Gasteiger partial charge < -0.3 is 24.5 Å². The number of carboxylic acid groups (broad SMARTS) is 1. The molecule has 2 aromatic heterocycles. The number of benzene rings is 4. The molecule has 4 aromatic carbocycles. The maximum Gasteiger partial charge on any atom is 0.416 e. The van der Waals surface area contributed by atoms with Gasteiger partial charge in [0.05, 0.1) is 28.9 Å². The van der Waals surface area contributed by atoms with Crippen molar-refractivity contribution < 1.29 is 50.5 Å². The van der Waals surface area contributed by atoms with Gasteiger partial charge in [0.2, 0.25) is 0 Å². The Morgan fingerprint density at radius 1 is 0.661 bits per heavy atom. The summed E-state index contributed by atoms with van der Waals surface area (Å²) < 4.78 is 87.1. The first kappa shape index (κ1) is 37.9. The third-order valence-corrected chi connectivity index (χ3v) is 10.1. The highest BCUT2D eigenvalue weighted by Gasteiger charge is 2.35. The summed E-state index contributed by atoms with van der Waals surface area (Å²) in [5, 5.41) is 13.7. The number of nitrogens with zero attached hydrogens (tertiary/aromatic N) is 3. The van der Waals surface area contributed by atoms with Crippen LogP contribution >= 0.6 is 0 Å². The molecular formula is C40H31F6N5O5. The summed E-state index contributed by atoms with van der Waals surface area (Å²) in [5.74, 6) is -0.337. The minimum atomic E-state index is -4.37. The molecule has 8 rings (SSSR count). The lowest BCUT2D eigenvalue weighted by Gasteiger charge is -2.35. The Morgan fingerprint density at radius 2 is 1.07 bits per heavy atom. The van der Waals surface area contributed by atoms with Crippen molar-refractivity contribution in [2.45, 2.75) is 62.1 Å². The predicted molar refractivity (Wildman–Crippen MR) is 193 cm³/mol. The molecule has 2 heterocycles. The highest BCUT2D eigenvalue weighted by atomic mass is 19.4. The Morgan fingerprint density at radius 3 is 1.46 bits per heavy atom. The van der Waals surface area contributed by atoms with Gasteiger partial charge in [0.25, 0.3) is 5.91 Å². The van der Waals surface area contributed by atoms with E-state index in [1.165, 1.54) is 36.7 Å². The van der Waals surface area contributed by atoms with Crippen LogP contribution in [0.4, 0.5) is 26.3 Å². The molecule has 0 atom stereocenters. The third-order valence-electron chi connectivity index (χ3n) is 10.1. The summed E-state index contributed by atoms with van der Waals surface area (Å²) in [4.78, 5) is 31.6. The lowest BCUT2D eigenvalue weighted by atomic mass is 9.77. The van der Waals surface area contributed by atoms with Crippen molar-refractivity contribution in [1.82, 2.24) is 9.97 Å². The molecule has 2 aliphatic carbocycles. The Labute approximate surface area is 313 Å². The second kappa shape index (κ2) is 15.0. The molecule has 3 N–H and O–H groups in total. The van der Waals surface area contributed by atoms with E-state index >= 15 is 0 Å². The number of aromatic amines is 2. The molecule has 0 bridgehead atoms. The van der Waals surface area contributed by atoms with Crippen LogP contribution in [0.3, 0.4) is 0 Å². The molecule has 1 amide bonds. The first-order chi connectivity index (χ1) is 26.7. The Balaban J connectivity index is 0.000000172. The number of ether oxygens (including phenoxy) is 2. The van der Waals surface area contributed by atoms with E-state index in [4.69, 9.17) is 15.0 Å². The number of nitrogens with one attached hydrogen (secondary N) is 2. The van der Waals surface area contributed by atoms with Crippen molar-refractivity contribution in [2.75, 3.05) is 0 Å². The quantitative estimate of drug-likeness (QED) is 0.0608. The molecule has 10 nitrogen and oxygen atoms in total. The van der Waals surface area contributed by atoms with Gasteiger partial charge in [-0.25, -0.2) is 4.79 Å². The second-order valence-corrected chi connectivity index (χ2v) is 13.7. The fourth-order valence-electron chi connectivity index (χ4n) is 6.93. The van der Waals surface area contributed by atoms with Crippen LogP contribution in [0.2, 0.25) is 0 Å². The largest absolute Gasteiger partial charge is 0.490 e. The third kappa shape index (κ3) is 8.15. The van der Waals surface area contributed by atoms with Gasteiger partial charge in [-0.3, -0.25) is 4.79 Å². The Kier molecular flexibility index (Phi) is 10.2. The van der Waals surface area contributed by atoms with E-state index in [0.717, 1.165) is 72.1 Å². The van der Waals surface area contributed by atoms with E-state index in [-0.39, 0.29) is 29.6 Å². The summed E-state index contributed by atoms with van der Waals surface area (Å²) >= 11 is 0. The number of fused-ring (bicyclic) bond motifs is 2. The van der Waals surface area contributed by atoms with Gasteiger partial charge in [-0.15, -0.1) is 0 Å². The van der Waals surface area contributed by atoms with Gasteiger partial charge in [0.1, 0.15) is 11.5 Å². The molecule has 0 saturated heterocycles. The SMILES string of the molecule is O=C(O)c1c[nH]c2ccc(C3CC(Oc4ccc(C(F)(F)F)cc4)C3)cc12.[N-]=[N+]=NC(=O)c1c[nH]c2ccc(C3CC(Oc4ccc(C(F)(F)F)cc4)C3)cc12. The number of aromatic nitrogens is 2. The van der Waals surface area contributed by atoms with E-state index in [2.05, 4.69) is 20.0 Å². The van der Waals surface area contributed by atoms with Crippen LogP contribution in [-0.2, 0) is 12.4 Å². The smallest absolute Gasteiger partial charge is 0.416 e. The summed E-state index contributed by atoms with van der Waals surface area (Å²) in [6, 6.07) is 20.8. The van der Waals surface area contributed by atoms with Gasteiger partial charge in [-0.05, 0) is 132 Å². The fraction of sp³-hybridized carbons (Fsp3) is 0.250. The first-order valence-electron chi connectivity index (χ1n) is 17.4. The number of aromatic carboxylic acids is 1. The molecule has 6 aromatic rings. The van der Waals surface area contributed by atoms with Gasteiger partial charge in [0, 0.05) is 44.7 Å². The molecule has 0 radical (unpaired) electrons. The van der Waals surface area contributed by atoms with Crippen molar-refractivity contribution in [2.24, 2.45) is 5.11 Å². The van der Waals surface area contributed by atoms with E-state index in [0.29, 0.717) is 27.8 Å². The number of hydrogen-bond acceptors (Lipinski definition) is 4. The van der Waals surface area contributed by atoms with E-state index < -0.39 is 35.4 Å². The van der Waals surface area contributed by atoms with Crippen LogP contribution in [0.1, 0.15) is 80.5 Å². The molecule has 2 saturated carbocycles. The summed E-state index contributed by atoms with van der Waals surface area (Å²) in [5.41, 5.74) is 11.2. The number of rotatable bonds is 8. The number of H-pyrrole nitrogens is 2. The lowest BCUT2D eigenvalue weighted by Crippen LogP contribution is -2.32. The van der Waals surface area contributed by atoms with Gasteiger partial charge >= 0.3 is 18.3 Å². The van der Waals surface area contributed by atoms with E-state index in [1.54, 1.807) is 0 Å².